The molecule has 2 aromatic heterocycles. The van der Waals surface area contributed by atoms with Crippen LogP contribution in [0.4, 0.5) is 0 Å². The molecular weight excluding hydrogens is 558 g/mol. The Morgan fingerprint density at radius 1 is 0.391 bits per heavy atom. The largest absolute Gasteiger partial charge is 0.309 e. The van der Waals surface area contributed by atoms with E-state index in [9.17, 15) is 5.26 Å². The Kier molecular flexibility index (Phi) is 5.88. The van der Waals surface area contributed by atoms with Crippen molar-refractivity contribution in [3.8, 4) is 39.7 Å². The van der Waals surface area contributed by atoms with Crippen LogP contribution in [0.5, 0.6) is 0 Å². The number of aromatic nitrogens is 2. The van der Waals surface area contributed by atoms with Crippen molar-refractivity contribution in [1.82, 2.24) is 9.13 Å². The summed E-state index contributed by atoms with van der Waals surface area (Å²) in [6, 6.07) is 60.1. The molecule has 7 aromatic carbocycles. The molecule has 3 nitrogen and oxygen atoms in total. The van der Waals surface area contributed by atoms with Gasteiger partial charge >= 0.3 is 0 Å². The number of hydrogen-bond donors (Lipinski definition) is 0. The second-order valence-corrected chi connectivity index (χ2v) is 11.7. The average molecular weight is 586 g/mol. The molecule has 0 spiro atoms. The van der Waals surface area contributed by atoms with Crippen LogP contribution >= 0.6 is 0 Å². The summed E-state index contributed by atoms with van der Waals surface area (Å²) < 4.78 is 4.68. The van der Waals surface area contributed by atoms with Crippen LogP contribution in [0.15, 0.2) is 164 Å². The maximum absolute atomic E-state index is 10.2. The average Bonchev–Trinajstić information content (AvgIpc) is 3.64. The first kappa shape index (κ1) is 26.1. The van der Waals surface area contributed by atoms with E-state index in [0.717, 1.165) is 50.2 Å². The Morgan fingerprint density at radius 3 is 1.63 bits per heavy atom. The molecule has 0 radical (unpaired) electrons. The molecule has 0 atom stereocenters. The molecule has 0 aliphatic rings. The first-order valence-electron chi connectivity index (χ1n) is 15.5. The number of benzene rings is 7. The molecule has 0 unspecified atom stereocenters. The van der Waals surface area contributed by atoms with Crippen molar-refractivity contribution >= 4 is 43.6 Å². The van der Waals surface area contributed by atoms with Crippen molar-refractivity contribution in [2.75, 3.05) is 0 Å². The summed E-state index contributed by atoms with van der Waals surface area (Å²) in [6.45, 7) is 0. The molecule has 0 saturated carbocycles. The number of fused-ring (bicyclic) bond motifs is 6. The van der Waals surface area contributed by atoms with Crippen LogP contribution in [-0.2, 0) is 0 Å². The highest BCUT2D eigenvalue weighted by atomic mass is 15.0. The molecule has 0 aliphatic heterocycles. The predicted molar refractivity (Wildman–Crippen MR) is 191 cm³/mol. The maximum Gasteiger partial charge on any atom is 0.0992 e. The zero-order chi connectivity index (χ0) is 30.6. The molecule has 3 heteroatoms. The van der Waals surface area contributed by atoms with Gasteiger partial charge < -0.3 is 9.13 Å². The van der Waals surface area contributed by atoms with Crippen LogP contribution in [-0.4, -0.2) is 9.13 Å². The number of rotatable bonds is 4. The van der Waals surface area contributed by atoms with Gasteiger partial charge in [0.2, 0.25) is 0 Å². The fourth-order valence-electron chi connectivity index (χ4n) is 7.12. The fraction of sp³-hybridized carbons (Fsp3) is 0. The van der Waals surface area contributed by atoms with Gasteiger partial charge in [-0.3, -0.25) is 0 Å². The fourth-order valence-corrected chi connectivity index (χ4v) is 7.12. The molecule has 46 heavy (non-hydrogen) atoms. The Balaban J connectivity index is 1.25. The van der Waals surface area contributed by atoms with E-state index < -0.39 is 0 Å². The summed E-state index contributed by atoms with van der Waals surface area (Å²) in [4.78, 5) is 0. The minimum absolute atomic E-state index is 0.635. The van der Waals surface area contributed by atoms with E-state index in [0.29, 0.717) is 5.56 Å². The minimum atomic E-state index is 0.635. The van der Waals surface area contributed by atoms with Gasteiger partial charge in [0.1, 0.15) is 0 Å². The zero-order valence-electron chi connectivity index (χ0n) is 24.9. The van der Waals surface area contributed by atoms with Gasteiger partial charge in [-0.25, -0.2) is 0 Å². The number of para-hydroxylation sites is 5. The lowest BCUT2D eigenvalue weighted by molar-refractivity contribution is 1.18. The van der Waals surface area contributed by atoms with E-state index in [1.54, 1.807) is 0 Å². The smallest absolute Gasteiger partial charge is 0.0992 e. The summed E-state index contributed by atoms with van der Waals surface area (Å²) in [7, 11) is 0. The Labute approximate surface area is 266 Å². The summed E-state index contributed by atoms with van der Waals surface area (Å²) in [5.74, 6) is 0. The second kappa shape index (κ2) is 10.4. The van der Waals surface area contributed by atoms with E-state index in [2.05, 4.69) is 167 Å². The normalized spacial score (nSPS) is 11.5. The molecular formula is C43H27N3. The van der Waals surface area contributed by atoms with Crippen molar-refractivity contribution < 1.29 is 0 Å². The molecule has 0 saturated heterocycles. The Bertz CT molecular complexity index is 2600. The number of nitrogens with zero attached hydrogens (tertiary/aromatic N) is 3. The van der Waals surface area contributed by atoms with Gasteiger partial charge in [-0.2, -0.15) is 5.26 Å². The van der Waals surface area contributed by atoms with Crippen molar-refractivity contribution in [3.05, 3.63) is 169 Å². The lowest BCUT2D eigenvalue weighted by Crippen LogP contribution is -1.97. The van der Waals surface area contributed by atoms with E-state index >= 15 is 0 Å². The molecule has 0 bridgehead atoms. The molecule has 0 aliphatic carbocycles. The molecule has 0 amide bonds. The van der Waals surface area contributed by atoms with Crippen LogP contribution < -0.4 is 0 Å². The maximum atomic E-state index is 10.2. The third-order valence-corrected chi connectivity index (χ3v) is 9.12. The lowest BCUT2D eigenvalue weighted by Gasteiger charge is -2.15. The van der Waals surface area contributed by atoms with Gasteiger partial charge in [0.05, 0.1) is 39.4 Å². The molecule has 0 fully saturated rings. The van der Waals surface area contributed by atoms with Crippen molar-refractivity contribution in [2.45, 2.75) is 0 Å². The molecule has 9 rings (SSSR count). The van der Waals surface area contributed by atoms with E-state index in [1.165, 1.54) is 27.1 Å². The highest BCUT2D eigenvalue weighted by Crippen LogP contribution is 2.39. The van der Waals surface area contributed by atoms with Gasteiger partial charge in [-0.15, -0.1) is 0 Å². The van der Waals surface area contributed by atoms with E-state index in [4.69, 9.17) is 0 Å². The van der Waals surface area contributed by atoms with Crippen LogP contribution in [0.25, 0.3) is 77.2 Å². The van der Waals surface area contributed by atoms with Gasteiger partial charge in [-0.05, 0) is 83.4 Å². The SMILES string of the molecule is N#Cc1cc(-c2ccc3c(c2)c2ccccc2n3-c2ccccc2)cc(-c2ccccc2-n2c3ccccc3c3ccccc32)c1. The van der Waals surface area contributed by atoms with Crippen molar-refractivity contribution in [2.24, 2.45) is 0 Å². The van der Waals surface area contributed by atoms with E-state index in [1.807, 2.05) is 12.1 Å². The standard InChI is InChI=1S/C43H27N3/c44-28-29-24-31(30-22-23-43-38(27-30)37-17-7-9-19-40(37)45(43)33-12-2-1-3-13-33)26-32(25-29)34-14-4-8-18-39(34)46-41-20-10-5-15-35(41)36-16-6-11-21-42(36)46/h1-27H. The first-order chi connectivity index (χ1) is 22.8. The molecule has 9 aromatic rings. The molecule has 0 N–H and O–H groups in total. The molecule has 214 valence electrons. The Morgan fingerprint density at radius 2 is 0.935 bits per heavy atom. The van der Waals surface area contributed by atoms with Crippen LogP contribution in [0.2, 0.25) is 0 Å². The second-order valence-electron chi connectivity index (χ2n) is 11.7. The van der Waals surface area contributed by atoms with E-state index in [-0.39, 0.29) is 0 Å². The van der Waals surface area contributed by atoms with Gasteiger partial charge in [0, 0.05) is 32.8 Å². The summed E-state index contributed by atoms with van der Waals surface area (Å²) in [5, 5.41) is 15.0. The molecule has 2 heterocycles. The topological polar surface area (TPSA) is 33.6 Å². The first-order valence-corrected chi connectivity index (χ1v) is 15.5. The van der Waals surface area contributed by atoms with Crippen molar-refractivity contribution in [3.63, 3.8) is 0 Å². The van der Waals surface area contributed by atoms with Gasteiger partial charge in [-0.1, -0.05) is 97.1 Å². The highest BCUT2D eigenvalue weighted by Gasteiger charge is 2.17. The summed E-state index contributed by atoms with van der Waals surface area (Å²) in [5.41, 5.74) is 11.7. The van der Waals surface area contributed by atoms with Crippen molar-refractivity contribution in [1.29, 1.82) is 5.26 Å². The zero-order valence-corrected chi connectivity index (χ0v) is 24.9. The monoisotopic (exact) mass is 585 g/mol. The summed E-state index contributed by atoms with van der Waals surface area (Å²) in [6.07, 6.45) is 0. The van der Waals surface area contributed by atoms with Crippen LogP contribution in [0, 0.1) is 11.3 Å². The summed E-state index contributed by atoms with van der Waals surface area (Å²) >= 11 is 0. The quantitative estimate of drug-likeness (QED) is 0.202. The Hall–Kier alpha value is -6.37. The third kappa shape index (κ3) is 3.98. The van der Waals surface area contributed by atoms with Gasteiger partial charge in [0.25, 0.3) is 0 Å². The highest BCUT2D eigenvalue weighted by molar-refractivity contribution is 6.11. The minimum Gasteiger partial charge on any atom is -0.309 e. The van der Waals surface area contributed by atoms with Gasteiger partial charge in [0.15, 0.2) is 0 Å². The predicted octanol–water partition coefficient (Wildman–Crippen LogP) is 11.1. The van der Waals surface area contributed by atoms with Crippen LogP contribution in [0.3, 0.4) is 0 Å². The van der Waals surface area contributed by atoms with Crippen LogP contribution in [0.1, 0.15) is 5.56 Å². The number of hydrogen-bond acceptors (Lipinski definition) is 1. The third-order valence-electron chi connectivity index (χ3n) is 9.12. The lowest BCUT2D eigenvalue weighted by atomic mass is 9.94. The number of nitriles is 1.